The molecule has 0 saturated carbocycles. The predicted molar refractivity (Wildman–Crippen MR) is 73.3 cm³/mol. The van der Waals surface area contributed by atoms with Crippen LogP contribution in [0.2, 0.25) is 0 Å². The number of fused-ring (bicyclic) bond motifs is 1. The van der Waals surface area contributed by atoms with Gasteiger partial charge in [-0.05, 0) is 37.3 Å². The number of aliphatic carboxylic acids is 1. The minimum absolute atomic E-state index is 0.0665. The summed E-state index contributed by atoms with van der Waals surface area (Å²) in [5.41, 5.74) is 3.82. The molecule has 2 rings (SSSR count). The molecule has 0 radical (unpaired) electrons. The molecule has 0 aromatic heterocycles. The lowest BCUT2D eigenvalue weighted by Gasteiger charge is -2.28. The number of rotatable bonds is 4. The second-order valence-corrected chi connectivity index (χ2v) is 5.39. The molecule has 0 bridgehead atoms. The Balaban J connectivity index is 2.38. The van der Waals surface area contributed by atoms with Crippen molar-refractivity contribution in [3.05, 3.63) is 29.3 Å². The predicted octanol–water partition coefficient (Wildman–Crippen LogP) is 3.04. The van der Waals surface area contributed by atoms with Crippen molar-refractivity contribution in [1.82, 2.24) is 0 Å². The van der Waals surface area contributed by atoms with Gasteiger partial charge in [0.2, 0.25) is 0 Å². The van der Waals surface area contributed by atoms with Gasteiger partial charge in [-0.1, -0.05) is 25.1 Å². The number of hydrogen-bond acceptors (Lipinski definition) is 2. The molecule has 0 fully saturated rings. The van der Waals surface area contributed by atoms with Crippen LogP contribution in [0.5, 0.6) is 0 Å². The van der Waals surface area contributed by atoms with E-state index in [1.54, 1.807) is 0 Å². The molecule has 1 aromatic carbocycles. The van der Waals surface area contributed by atoms with Crippen molar-refractivity contribution in [2.75, 3.05) is 11.4 Å². The smallest absolute Gasteiger partial charge is 0.303 e. The lowest BCUT2D eigenvalue weighted by atomic mass is 9.93. The highest BCUT2D eigenvalue weighted by atomic mass is 16.4. The van der Waals surface area contributed by atoms with E-state index in [4.69, 9.17) is 5.11 Å². The maximum atomic E-state index is 10.9. The number of carbonyl (C=O) groups is 1. The molecule has 0 saturated heterocycles. The van der Waals surface area contributed by atoms with E-state index in [1.165, 1.54) is 16.8 Å². The summed E-state index contributed by atoms with van der Waals surface area (Å²) in [6, 6.07) is 6.75. The first-order valence-corrected chi connectivity index (χ1v) is 6.61. The van der Waals surface area contributed by atoms with Gasteiger partial charge in [0.1, 0.15) is 0 Å². The van der Waals surface area contributed by atoms with Crippen LogP contribution in [-0.2, 0) is 11.2 Å². The fourth-order valence-corrected chi connectivity index (χ4v) is 2.80. The van der Waals surface area contributed by atoms with Crippen molar-refractivity contribution < 1.29 is 9.90 Å². The highest BCUT2D eigenvalue weighted by molar-refractivity contribution is 5.70. The van der Waals surface area contributed by atoms with E-state index < -0.39 is 5.97 Å². The van der Waals surface area contributed by atoms with Crippen LogP contribution in [0.3, 0.4) is 0 Å². The number of nitrogens with zero attached hydrogens (tertiary/aromatic N) is 1. The molecule has 1 N–H and O–H groups in total. The Morgan fingerprint density at radius 2 is 2.11 bits per heavy atom. The number of para-hydroxylation sites is 1. The highest BCUT2D eigenvalue weighted by Gasteiger charge is 2.26. The van der Waals surface area contributed by atoms with Crippen molar-refractivity contribution in [2.45, 2.75) is 45.6 Å². The van der Waals surface area contributed by atoms with Gasteiger partial charge in [-0.15, -0.1) is 0 Å². The summed E-state index contributed by atoms with van der Waals surface area (Å²) in [5, 5.41) is 8.96. The molecular weight excluding hydrogens is 226 g/mol. The van der Waals surface area contributed by atoms with Crippen LogP contribution >= 0.6 is 0 Å². The van der Waals surface area contributed by atoms with Crippen molar-refractivity contribution in [3.8, 4) is 0 Å². The molecule has 1 aromatic rings. The summed E-state index contributed by atoms with van der Waals surface area (Å²) in [6.07, 6.45) is 1.27. The monoisotopic (exact) mass is 247 g/mol. The van der Waals surface area contributed by atoms with Gasteiger partial charge >= 0.3 is 5.97 Å². The Morgan fingerprint density at radius 1 is 1.39 bits per heavy atom. The van der Waals surface area contributed by atoms with Crippen LogP contribution in [0, 0.1) is 0 Å². The van der Waals surface area contributed by atoms with E-state index in [9.17, 15) is 4.79 Å². The molecule has 0 amide bonds. The fourth-order valence-electron chi connectivity index (χ4n) is 2.80. The summed E-state index contributed by atoms with van der Waals surface area (Å²) >= 11 is 0. The van der Waals surface area contributed by atoms with Gasteiger partial charge in [0.15, 0.2) is 0 Å². The van der Waals surface area contributed by atoms with Gasteiger partial charge in [-0.25, -0.2) is 0 Å². The Bertz CT molecular complexity index is 454. The van der Waals surface area contributed by atoms with Crippen LogP contribution in [0.4, 0.5) is 5.69 Å². The molecule has 0 aliphatic carbocycles. The highest BCUT2D eigenvalue weighted by Crippen LogP contribution is 2.37. The first kappa shape index (κ1) is 12.9. The van der Waals surface area contributed by atoms with E-state index in [2.05, 4.69) is 36.9 Å². The maximum Gasteiger partial charge on any atom is 0.303 e. The van der Waals surface area contributed by atoms with Gasteiger partial charge in [0.05, 0.1) is 6.42 Å². The molecule has 3 nitrogen and oxygen atoms in total. The minimum Gasteiger partial charge on any atom is -0.481 e. The van der Waals surface area contributed by atoms with Crippen LogP contribution in [0.25, 0.3) is 0 Å². The fraction of sp³-hybridized carbons (Fsp3) is 0.533. The zero-order valence-electron chi connectivity index (χ0n) is 11.3. The largest absolute Gasteiger partial charge is 0.481 e. The van der Waals surface area contributed by atoms with Gasteiger partial charge in [0.25, 0.3) is 0 Å². The number of hydrogen-bond donors (Lipinski definition) is 1. The summed E-state index contributed by atoms with van der Waals surface area (Å²) in [7, 11) is 0. The van der Waals surface area contributed by atoms with Gasteiger partial charge in [0, 0.05) is 18.3 Å². The Kier molecular flexibility index (Phi) is 3.60. The Hall–Kier alpha value is -1.51. The molecule has 1 unspecified atom stereocenters. The SMILES string of the molecule is CC(CC(=O)O)c1cccc2c1N(C(C)C)CC2. The quantitative estimate of drug-likeness (QED) is 0.889. The van der Waals surface area contributed by atoms with Crippen molar-refractivity contribution in [3.63, 3.8) is 0 Å². The van der Waals surface area contributed by atoms with E-state index >= 15 is 0 Å². The first-order valence-electron chi connectivity index (χ1n) is 6.61. The zero-order valence-corrected chi connectivity index (χ0v) is 11.3. The van der Waals surface area contributed by atoms with Gasteiger partial charge in [-0.2, -0.15) is 0 Å². The molecule has 1 aliphatic rings. The molecule has 98 valence electrons. The van der Waals surface area contributed by atoms with Gasteiger partial charge in [-0.3, -0.25) is 4.79 Å². The maximum absolute atomic E-state index is 10.9. The zero-order chi connectivity index (χ0) is 13.3. The second-order valence-electron chi connectivity index (χ2n) is 5.39. The summed E-state index contributed by atoms with van der Waals surface area (Å²) < 4.78 is 0. The van der Waals surface area contributed by atoms with Crippen LogP contribution in [0.1, 0.15) is 44.2 Å². The Labute approximate surface area is 108 Å². The third kappa shape index (κ3) is 2.35. The van der Waals surface area contributed by atoms with E-state index in [0.717, 1.165) is 13.0 Å². The number of carboxylic acid groups (broad SMARTS) is 1. The lowest BCUT2D eigenvalue weighted by Crippen LogP contribution is -2.29. The van der Waals surface area contributed by atoms with E-state index in [-0.39, 0.29) is 12.3 Å². The third-order valence-electron chi connectivity index (χ3n) is 3.70. The summed E-state index contributed by atoms with van der Waals surface area (Å²) in [5.74, 6) is -0.661. The Morgan fingerprint density at radius 3 is 2.72 bits per heavy atom. The minimum atomic E-state index is -0.728. The van der Waals surface area contributed by atoms with E-state index in [0.29, 0.717) is 6.04 Å². The third-order valence-corrected chi connectivity index (χ3v) is 3.70. The molecule has 1 heterocycles. The number of carboxylic acids is 1. The molecular formula is C15H21NO2. The average Bonchev–Trinajstić information content (AvgIpc) is 2.71. The first-order chi connectivity index (χ1) is 8.50. The molecule has 0 spiro atoms. The molecule has 1 aliphatic heterocycles. The molecule has 3 heteroatoms. The van der Waals surface area contributed by atoms with Crippen molar-refractivity contribution in [2.24, 2.45) is 0 Å². The second kappa shape index (κ2) is 5.01. The van der Waals surface area contributed by atoms with Crippen molar-refractivity contribution in [1.29, 1.82) is 0 Å². The van der Waals surface area contributed by atoms with Crippen LogP contribution in [-0.4, -0.2) is 23.7 Å². The summed E-state index contributed by atoms with van der Waals surface area (Å²) in [4.78, 5) is 13.3. The lowest BCUT2D eigenvalue weighted by molar-refractivity contribution is -0.137. The van der Waals surface area contributed by atoms with Crippen LogP contribution in [0.15, 0.2) is 18.2 Å². The topological polar surface area (TPSA) is 40.5 Å². The normalized spacial score (nSPS) is 15.9. The molecule has 1 atom stereocenters. The standard InChI is InChI=1S/C15H21NO2/c1-10(2)16-8-7-12-5-4-6-13(15(12)16)11(3)9-14(17)18/h4-6,10-11H,7-9H2,1-3H3,(H,17,18). The van der Waals surface area contributed by atoms with Crippen molar-refractivity contribution >= 4 is 11.7 Å². The summed E-state index contributed by atoms with van der Waals surface area (Å²) in [6.45, 7) is 7.42. The van der Waals surface area contributed by atoms with Gasteiger partial charge < -0.3 is 10.0 Å². The van der Waals surface area contributed by atoms with Crippen LogP contribution < -0.4 is 4.90 Å². The molecule has 18 heavy (non-hydrogen) atoms. The van der Waals surface area contributed by atoms with E-state index in [1.807, 2.05) is 6.92 Å². The average molecular weight is 247 g/mol. The number of anilines is 1. The number of benzene rings is 1.